The predicted molar refractivity (Wildman–Crippen MR) is 139 cm³/mol. The molecule has 2 heterocycles. The number of amides is 1. The van der Waals surface area contributed by atoms with E-state index in [4.69, 9.17) is 5.73 Å². The van der Waals surface area contributed by atoms with E-state index in [0.717, 1.165) is 34.7 Å². The molecular formula is C28H25N3O2S. The lowest BCUT2D eigenvalue weighted by Crippen LogP contribution is -2.34. The van der Waals surface area contributed by atoms with Crippen LogP contribution in [0.25, 0.3) is 10.8 Å². The molecule has 34 heavy (non-hydrogen) atoms. The minimum absolute atomic E-state index is 0.178. The molecule has 170 valence electrons. The molecule has 0 bridgehead atoms. The van der Waals surface area contributed by atoms with Gasteiger partial charge in [0.25, 0.3) is 5.56 Å². The number of hydrogen-bond donors (Lipinski definition) is 2. The number of fused-ring (bicyclic) bond motifs is 2. The van der Waals surface area contributed by atoms with Gasteiger partial charge in [0.05, 0.1) is 5.03 Å². The van der Waals surface area contributed by atoms with Crippen LogP contribution in [0.1, 0.15) is 41.5 Å². The van der Waals surface area contributed by atoms with E-state index in [9.17, 15) is 9.59 Å². The molecule has 1 saturated carbocycles. The average molecular weight is 468 g/mol. The van der Waals surface area contributed by atoms with Crippen LogP contribution in [0.3, 0.4) is 0 Å². The van der Waals surface area contributed by atoms with Gasteiger partial charge in [0.1, 0.15) is 11.7 Å². The Hall–Kier alpha value is -3.51. The molecule has 1 atom stereocenters. The maximum absolute atomic E-state index is 13.5. The number of rotatable bonds is 5. The monoisotopic (exact) mass is 467 g/mol. The van der Waals surface area contributed by atoms with Crippen LogP contribution >= 0.6 is 11.8 Å². The van der Waals surface area contributed by atoms with E-state index in [-0.39, 0.29) is 17.2 Å². The van der Waals surface area contributed by atoms with Crippen molar-refractivity contribution in [2.75, 3.05) is 16.8 Å². The van der Waals surface area contributed by atoms with E-state index in [2.05, 4.69) is 35.6 Å². The molecule has 5 nitrogen and oxygen atoms in total. The molecule has 6 heteroatoms. The number of pyridine rings is 1. The van der Waals surface area contributed by atoms with E-state index >= 15 is 0 Å². The maximum atomic E-state index is 13.5. The number of nitrogens with two attached hydrogens (primary N) is 1. The van der Waals surface area contributed by atoms with Gasteiger partial charge in [-0.1, -0.05) is 60.7 Å². The van der Waals surface area contributed by atoms with Crippen LogP contribution in [0.4, 0.5) is 11.4 Å². The SMILES string of the molecule is Nc1c(Cc2cccc3ccccc23)c(C2CC2)c2n(c1=O)C(C(=O)Nc1ccccc1)CS2. The molecule has 4 aromatic rings. The van der Waals surface area contributed by atoms with E-state index in [1.807, 2.05) is 42.5 Å². The second-order valence-corrected chi connectivity index (χ2v) is 10.1. The summed E-state index contributed by atoms with van der Waals surface area (Å²) in [6, 6.07) is 23.4. The fourth-order valence-electron chi connectivity index (χ4n) is 4.98. The largest absolute Gasteiger partial charge is 0.394 e. The van der Waals surface area contributed by atoms with Crippen molar-refractivity contribution in [1.29, 1.82) is 0 Å². The number of hydrogen-bond acceptors (Lipinski definition) is 4. The number of benzene rings is 3. The van der Waals surface area contributed by atoms with Crippen molar-refractivity contribution in [3.8, 4) is 0 Å². The van der Waals surface area contributed by atoms with Crippen molar-refractivity contribution < 1.29 is 4.79 Å². The molecule has 0 radical (unpaired) electrons. The normalized spacial score (nSPS) is 17.0. The third-order valence-electron chi connectivity index (χ3n) is 6.81. The van der Waals surface area contributed by atoms with Gasteiger partial charge < -0.3 is 11.1 Å². The second-order valence-electron chi connectivity index (χ2n) is 9.06. The number of aromatic nitrogens is 1. The molecule has 3 aromatic carbocycles. The van der Waals surface area contributed by atoms with Gasteiger partial charge in [-0.3, -0.25) is 14.2 Å². The summed E-state index contributed by atoms with van der Waals surface area (Å²) >= 11 is 1.61. The van der Waals surface area contributed by atoms with Gasteiger partial charge in [0.15, 0.2) is 0 Å². The van der Waals surface area contributed by atoms with Crippen LogP contribution < -0.4 is 16.6 Å². The number of para-hydroxylation sites is 1. The Morgan fingerprint density at radius 3 is 2.53 bits per heavy atom. The highest BCUT2D eigenvalue weighted by Crippen LogP contribution is 2.50. The van der Waals surface area contributed by atoms with Crippen molar-refractivity contribution >= 4 is 39.8 Å². The van der Waals surface area contributed by atoms with Gasteiger partial charge in [-0.15, -0.1) is 11.8 Å². The first-order valence-corrected chi connectivity index (χ1v) is 12.6. The fourth-order valence-corrected chi connectivity index (χ4v) is 6.39. The molecular weight excluding hydrogens is 442 g/mol. The molecule has 0 spiro atoms. The van der Waals surface area contributed by atoms with Gasteiger partial charge >= 0.3 is 0 Å². The number of carbonyl (C=O) groups is 1. The van der Waals surface area contributed by atoms with Crippen molar-refractivity contribution in [2.45, 2.75) is 36.2 Å². The van der Waals surface area contributed by atoms with Gasteiger partial charge in [-0.2, -0.15) is 0 Å². The van der Waals surface area contributed by atoms with Crippen molar-refractivity contribution in [3.05, 3.63) is 99.8 Å². The lowest BCUT2D eigenvalue weighted by Gasteiger charge is -2.20. The minimum Gasteiger partial charge on any atom is -0.394 e. The van der Waals surface area contributed by atoms with E-state index in [0.29, 0.717) is 18.1 Å². The zero-order chi connectivity index (χ0) is 23.2. The number of nitrogens with zero attached hydrogens (tertiary/aromatic N) is 1. The molecule has 1 aliphatic heterocycles. The zero-order valence-electron chi connectivity index (χ0n) is 18.7. The Bertz CT molecular complexity index is 1470. The van der Waals surface area contributed by atoms with Crippen LogP contribution in [0.5, 0.6) is 0 Å². The molecule has 1 aliphatic carbocycles. The summed E-state index contributed by atoms with van der Waals surface area (Å²) in [6.07, 6.45) is 2.80. The highest BCUT2D eigenvalue weighted by Gasteiger charge is 2.39. The summed E-state index contributed by atoms with van der Waals surface area (Å²) in [4.78, 5) is 26.7. The Morgan fingerprint density at radius 1 is 1.00 bits per heavy atom. The number of nitrogen functional groups attached to an aromatic ring is 1. The summed E-state index contributed by atoms with van der Waals surface area (Å²) in [6.45, 7) is 0. The summed E-state index contributed by atoms with van der Waals surface area (Å²) in [5.74, 6) is 0.755. The fraction of sp³-hybridized carbons (Fsp3) is 0.214. The van der Waals surface area contributed by atoms with E-state index in [1.165, 1.54) is 16.3 Å². The first-order valence-electron chi connectivity index (χ1n) is 11.6. The highest BCUT2D eigenvalue weighted by atomic mass is 32.2. The second kappa shape index (κ2) is 8.37. The van der Waals surface area contributed by atoms with Crippen LogP contribution in [-0.4, -0.2) is 16.2 Å². The summed E-state index contributed by atoms with van der Waals surface area (Å²) < 4.78 is 1.65. The molecule has 1 aromatic heterocycles. The zero-order valence-corrected chi connectivity index (χ0v) is 19.5. The Labute approximate surface area is 202 Å². The number of thioether (sulfide) groups is 1. The van der Waals surface area contributed by atoms with Gasteiger partial charge in [-0.05, 0) is 58.4 Å². The summed E-state index contributed by atoms with van der Waals surface area (Å²) in [5, 5.41) is 6.24. The summed E-state index contributed by atoms with van der Waals surface area (Å²) in [7, 11) is 0. The number of carbonyl (C=O) groups excluding carboxylic acids is 1. The van der Waals surface area contributed by atoms with E-state index < -0.39 is 6.04 Å². The molecule has 1 unspecified atom stereocenters. The minimum atomic E-state index is -0.570. The average Bonchev–Trinajstić information content (AvgIpc) is 3.60. The van der Waals surface area contributed by atoms with E-state index in [1.54, 1.807) is 16.3 Å². The van der Waals surface area contributed by atoms with Crippen LogP contribution in [-0.2, 0) is 11.2 Å². The van der Waals surface area contributed by atoms with Gasteiger partial charge in [0.2, 0.25) is 5.91 Å². The van der Waals surface area contributed by atoms with Gasteiger partial charge in [-0.25, -0.2) is 0 Å². The maximum Gasteiger partial charge on any atom is 0.275 e. The van der Waals surface area contributed by atoms with Crippen LogP contribution in [0, 0.1) is 0 Å². The molecule has 6 rings (SSSR count). The quantitative estimate of drug-likeness (QED) is 0.416. The Balaban J connectivity index is 1.43. The first-order chi connectivity index (χ1) is 16.6. The summed E-state index contributed by atoms with van der Waals surface area (Å²) in [5.41, 5.74) is 10.6. The lowest BCUT2D eigenvalue weighted by atomic mass is 9.93. The number of anilines is 2. The van der Waals surface area contributed by atoms with Crippen LogP contribution in [0.15, 0.2) is 82.6 Å². The van der Waals surface area contributed by atoms with Crippen molar-refractivity contribution in [1.82, 2.24) is 4.57 Å². The topological polar surface area (TPSA) is 77.1 Å². The first kappa shape index (κ1) is 21.1. The predicted octanol–water partition coefficient (Wildman–Crippen LogP) is 5.34. The number of nitrogens with one attached hydrogen (secondary N) is 1. The molecule has 1 fully saturated rings. The third kappa shape index (κ3) is 3.59. The van der Waals surface area contributed by atoms with Crippen LogP contribution in [0.2, 0.25) is 0 Å². The van der Waals surface area contributed by atoms with Crippen molar-refractivity contribution in [3.63, 3.8) is 0 Å². The highest BCUT2D eigenvalue weighted by molar-refractivity contribution is 7.99. The van der Waals surface area contributed by atoms with Crippen molar-refractivity contribution in [2.24, 2.45) is 0 Å². The molecule has 2 aliphatic rings. The Kier molecular flexibility index (Phi) is 5.18. The van der Waals surface area contributed by atoms with Gasteiger partial charge in [0, 0.05) is 17.9 Å². The molecule has 1 amide bonds. The lowest BCUT2D eigenvalue weighted by molar-refractivity contribution is -0.118. The standard InChI is InChI=1S/C28H25N3O2S/c29-25-22(15-19-9-6-8-17-7-4-5-12-21(17)19)24(18-13-14-18)28-31(27(25)33)23(16-34-28)26(32)30-20-10-2-1-3-11-20/h1-12,18,23H,13-16,29H2,(H,30,32). The molecule has 3 N–H and O–H groups in total. The molecule has 0 saturated heterocycles. The Morgan fingerprint density at radius 2 is 1.74 bits per heavy atom. The third-order valence-corrected chi connectivity index (χ3v) is 7.99. The smallest absolute Gasteiger partial charge is 0.275 e.